The van der Waals surface area contributed by atoms with Gasteiger partial charge in [0, 0.05) is 17.2 Å². The number of aromatic amines is 1. The van der Waals surface area contributed by atoms with Crippen molar-refractivity contribution in [2.75, 3.05) is 6.61 Å². The molecule has 1 atom stereocenters. The molecule has 0 aliphatic heterocycles. The van der Waals surface area contributed by atoms with Crippen LogP contribution in [0.1, 0.15) is 67.5 Å². The molecule has 0 radical (unpaired) electrons. The molecule has 2 heterocycles. The fraction of sp³-hybridized carbons (Fsp3) is 0.464. The van der Waals surface area contributed by atoms with Crippen molar-refractivity contribution < 1.29 is 23.5 Å². The molecule has 5 rings (SSSR count). The van der Waals surface area contributed by atoms with Crippen molar-refractivity contribution in [3.8, 4) is 22.7 Å². The molecule has 2 aromatic heterocycles. The molecule has 0 saturated heterocycles. The standard InChI is InChI=1S/C28H33N5O5/c1-4-37-28(36)23(15(2)3)30-26(35)22-14-29-27(38-22)19-7-5-6-18(12-19)20-13-21(33-32-20)25(34)31-24(16-8-9-16)17-10-11-17/h5-7,12-17,23-24H,4,8-11H2,1-3H3,(H,30,35)(H,31,34)(H,32,33). The fourth-order valence-corrected chi connectivity index (χ4v) is 4.61. The zero-order valence-corrected chi connectivity index (χ0v) is 21.8. The average molecular weight is 520 g/mol. The van der Waals surface area contributed by atoms with Crippen LogP contribution in [0.15, 0.2) is 40.9 Å². The van der Waals surface area contributed by atoms with Gasteiger partial charge in [-0.05, 0) is 68.6 Å². The van der Waals surface area contributed by atoms with E-state index in [-0.39, 0.29) is 36.1 Å². The first-order valence-corrected chi connectivity index (χ1v) is 13.2. The molecule has 10 heteroatoms. The van der Waals surface area contributed by atoms with Gasteiger partial charge in [0.15, 0.2) is 0 Å². The highest BCUT2D eigenvalue weighted by molar-refractivity contribution is 5.95. The van der Waals surface area contributed by atoms with Crippen LogP contribution in [0.2, 0.25) is 0 Å². The van der Waals surface area contributed by atoms with Crippen molar-refractivity contribution in [2.45, 2.75) is 58.5 Å². The molecule has 1 aromatic carbocycles. The van der Waals surface area contributed by atoms with Crippen LogP contribution in [-0.2, 0) is 9.53 Å². The number of carbonyl (C=O) groups excluding carboxylic acids is 3. The highest BCUT2D eigenvalue weighted by Gasteiger charge is 2.42. The summed E-state index contributed by atoms with van der Waals surface area (Å²) < 4.78 is 10.8. The largest absolute Gasteiger partial charge is 0.464 e. The van der Waals surface area contributed by atoms with Gasteiger partial charge in [-0.15, -0.1) is 0 Å². The monoisotopic (exact) mass is 519 g/mol. The molecule has 2 aliphatic carbocycles. The summed E-state index contributed by atoms with van der Waals surface area (Å²) in [7, 11) is 0. The minimum atomic E-state index is -0.797. The van der Waals surface area contributed by atoms with Gasteiger partial charge >= 0.3 is 5.97 Å². The van der Waals surface area contributed by atoms with E-state index in [0.29, 0.717) is 28.8 Å². The van der Waals surface area contributed by atoms with Gasteiger partial charge in [0.1, 0.15) is 11.7 Å². The van der Waals surface area contributed by atoms with Gasteiger partial charge in [0.05, 0.1) is 18.5 Å². The predicted molar refractivity (Wildman–Crippen MR) is 139 cm³/mol. The summed E-state index contributed by atoms with van der Waals surface area (Å²) in [5.41, 5.74) is 2.45. The minimum absolute atomic E-state index is 0.0139. The lowest BCUT2D eigenvalue weighted by molar-refractivity contribution is -0.146. The van der Waals surface area contributed by atoms with Gasteiger partial charge in [0.25, 0.3) is 11.8 Å². The first kappa shape index (κ1) is 25.7. The zero-order chi connectivity index (χ0) is 26.8. The molecule has 0 spiro atoms. The predicted octanol–water partition coefficient (Wildman–Crippen LogP) is 3.97. The first-order chi connectivity index (χ1) is 18.3. The summed E-state index contributed by atoms with van der Waals surface area (Å²) in [6.45, 7) is 5.58. The summed E-state index contributed by atoms with van der Waals surface area (Å²) in [5, 5.41) is 13.1. The molecule has 2 amide bonds. The number of hydrogen-bond donors (Lipinski definition) is 3. The van der Waals surface area contributed by atoms with Crippen LogP contribution < -0.4 is 10.6 Å². The van der Waals surface area contributed by atoms with E-state index in [1.165, 1.54) is 31.9 Å². The van der Waals surface area contributed by atoms with E-state index in [9.17, 15) is 14.4 Å². The van der Waals surface area contributed by atoms with E-state index in [0.717, 1.165) is 5.56 Å². The molecule has 3 aromatic rings. The van der Waals surface area contributed by atoms with E-state index in [1.54, 1.807) is 13.0 Å². The van der Waals surface area contributed by atoms with Gasteiger partial charge in [-0.3, -0.25) is 14.7 Å². The molecular weight excluding hydrogens is 486 g/mol. The number of H-pyrrole nitrogens is 1. The third-order valence-electron chi connectivity index (χ3n) is 7.01. The maximum Gasteiger partial charge on any atom is 0.328 e. The third-order valence-corrected chi connectivity index (χ3v) is 7.01. The minimum Gasteiger partial charge on any atom is -0.464 e. The summed E-state index contributed by atoms with van der Waals surface area (Å²) in [5.74, 6) is 0.121. The lowest BCUT2D eigenvalue weighted by Crippen LogP contribution is -2.45. The number of rotatable bonds is 11. The summed E-state index contributed by atoms with van der Waals surface area (Å²) in [4.78, 5) is 42.0. The Morgan fingerprint density at radius 2 is 1.76 bits per heavy atom. The molecule has 10 nitrogen and oxygen atoms in total. The maximum absolute atomic E-state index is 12.8. The van der Waals surface area contributed by atoms with E-state index < -0.39 is 17.9 Å². The Morgan fingerprint density at radius 3 is 2.42 bits per heavy atom. The normalized spacial score (nSPS) is 15.9. The lowest BCUT2D eigenvalue weighted by Gasteiger charge is -2.19. The topological polar surface area (TPSA) is 139 Å². The van der Waals surface area contributed by atoms with Crippen LogP contribution in [0.25, 0.3) is 22.7 Å². The van der Waals surface area contributed by atoms with Crippen molar-refractivity contribution >= 4 is 17.8 Å². The van der Waals surface area contributed by atoms with Crippen molar-refractivity contribution in [2.24, 2.45) is 17.8 Å². The molecule has 3 N–H and O–H groups in total. The quantitative estimate of drug-likeness (QED) is 0.326. The summed E-state index contributed by atoms with van der Waals surface area (Å²) in [6, 6.07) is 8.55. The molecule has 200 valence electrons. The number of oxazole rings is 1. The van der Waals surface area contributed by atoms with Crippen LogP contribution in [0.4, 0.5) is 0 Å². The number of hydrogen-bond acceptors (Lipinski definition) is 7. The number of nitrogens with zero attached hydrogens (tertiary/aromatic N) is 2. The van der Waals surface area contributed by atoms with Gasteiger partial charge < -0.3 is 19.8 Å². The SMILES string of the molecule is CCOC(=O)C(NC(=O)c1cnc(-c2cccc(-c3cc(C(=O)NC(C4CC4)C4CC4)[nH]n3)c2)o1)C(C)C. The smallest absolute Gasteiger partial charge is 0.328 e. The van der Waals surface area contributed by atoms with Crippen molar-refractivity contribution in [1.29, 1.82) is 0 Å². The Hall–Kier alpha value is -3.95. The van der Waals surface area contributed by atoms with Gasteiger partial charge in [-0.2, -0.15) is 5.10 Å². The zero-order valence-electron chi connectivity index (χ0n) is 21.8. The maximum atomic E-state index is 12.8. The lowest BCUT2D eigenvalue weighted by atomic mass is 10.0. The molecule has 0 bridgehead atoms. The second-order valence-corrected chi connectivity index (χ2v) is 10.4. The third kappa shape index (κ3) is 5.79. The average Bonchev–Trinajstić information content (AvgIpc) is 3.83. The van der Waals surface area contributed by atoms with Crippen LogP contribution in [0.5, 0.6) is 0 Å². The van der Waals surface area contributed by atoms with Crippen molar-refractivity contribution in [1.82, 2.24) is 25.8 Å². The second-order valence-electron chi connectivity index (χ2n) is 10.4. The van der Waals surface area contributed by atoms with E-state index in [2.05, 4.69) is 25.8 Å². The summed E-state index contributed by atoms with van der Waals surface area (Å²) in [6.07, 6.45) is 6.09. The number of esters is 1. The molecule has 38 heavy (non-hydrogen) atoms. The number of benzene rings is 1. The Labute approximate surface area is 220 Å². The molecular formula is C28H33N5O5. The van der Waals surface area contributed by atoms with Gasteiger partial charge in [-0.1, -0.05) is 26.0 Å². The second kappa shape index (κ2) is 10.8. The highest BCUT2D eigenvalue weighted by atomic mass is 16.5. The van der Waals surface area contributed by atoms with Gasteiger partial charge in [0.2, 0.25) is 11.7 Å². The Morgan fingerprint density at radius 1 is 1.05 bits per heavy atom. The van der Waals surface area contributed by atoms with Crippen molar-refractivity contribution in [3.63, 3.8) is 0 Å². The molecule has 2 aliphatic rings. The van der Waals surface area contributed by atoms with E-state index in [1.807, 2.05) is 38.1 Å². The van der Waals surface area contributed by atoms with E-state index >= 15 is 0 Å². The van der Waals surface area contributed by atoms with Crippen LogP contribution in [0.3, 0.4) is 0 Å². The van der Waals surface area contributed by atoms with Crippen LogP contribution >= 0.6 is 0 Å². The van der Waals surface area contributed by atoms with Crippen LogP contribution in [0, 0.1) is 17.8 Å². The number of amides is 2. The molecule has 2 saturated carbocycles. The first-order valence-electron chi connectivity index (χ1n) is 13.2. The Kier molecular flexibility index (Phi) is 7.31. The summed E-state index contributed by atoms with van der Waals surface area (Å²) >= 11 is 0. The molecule has 2 fully saturated rings. The Balaban J connectivity index is 1.27. The number of nitrogens with one attached hydrogen (secondary N) is 3. The van der Waals surface area contributed by atoms with Gasteiger partial charge in [-0.25, -0.2) is 9.78 Å². The van der Waals surface area contributed by atoms with E-state index in [4.69, 9.17) is 9.15 Å². The number of carbonyl (C=O) groups is 3. The molecule has 1 unspecified atom stereocenters. The highest BCUT2D eigenvalue weighted by Crippen LogP contribution is 2.44. The van der Waals surface area contributed by atoms with Crippen molar-refractivity contribution in [3.05, 3.63) is 48.0 Å². The number of ether oxygens (including phenoxy) is 1. The number of aromatic nitrogens is 3. The Bertz CT molecular complexity index is 1310. The van der Waals surface area contributed by atoms with Crippen LogP contribution in [-0.4, -0.2) is 51.7 Å². The fourth-order valence-electron chi connectivity index (χ4n) is 4.61.